The van der Waals surface area contributed by atoms with Gasteiger partial charge in [0.1, 0.15) is 0 Å². The molecule has 94 valence electrons. The zero-order valence-electron chi connectivity index (χ0n) is 9.15. The molecule has 0 unspecified atom stereocenters. The van der Waals surface area contributed by atoms with Gasteiger partial charge in [0, 0.05) is 18.4 Å². The quantitative estimate of drug-likeness (QED) is 0.737. The van der Waals surface area contributed by atoms with Crippen LogP contribution in [0.4, 0.5) is 13.2 Å². The highest BCUT2D eigenvalue weighted by atomic mass is 32.1. The fourth-order valence-corrected chi connectivity index (χ4v) is 0.822. The molecule has 0 aliphatic carbocycles. The van der Waals surface area contributed by atoms with Gasteiger partial charge in [-0.3, -0.25) is 4.79 Å². The third-order valence-electron chi connectivity index (χ3n) is 2.03. The highest BCUT2D eigenvalue weighted by molar-refractivity contribution is 7.80. The normalized spacial score (nSPS) is 12.3. The fourth-order valence-electron chi connectivity index (χ4n) is 0.750. The Morgan fingerprint density at radius 2 is 1.88 bits per heavy atom. The van der Waals surface area contributed by atoms with E-state index in [-0.39, 0.29) is 11.5 Å². The summed E-state index contributed by atoms with van der Waals surface area (Å²) in [6.45, 7) is 3.55. The molecule has 0 bridgehead atoms. The Morgan fingerprint density at radius 1 is 1.38 bits per heavy atom. The lowest BCUT2D eigenvalue weighted by molar-refractivity contribution is -0.144. The van der Waals surface area contributed by atoms with Crippen LogP contribution in [0.15, 0.2) is 0 Å². The van der Waals surface area contributed by atoms with Crippen molar-refractivity contribution >= 4 is 23.1 Å². The molecule has 0 radical (unpaired) electrons. The van der Waals surface area contributed by atoms with Crippen LogP contribution in [0.1, 0.15) is 26.7 Å². The summed E-state index contributed by atoms with van der Waals surface area (Å²) in [5, 5.41) is 2.37. The SMILES string of the molecule is CC(C)(CNC(=O)CCC(F)(F)F)C(N)=S. The number of carbonyl (C=O) groups is 1. The van der Waals surface area contributed by atoms with E-state index in [1.165, 1.54) is 0 Å². The van der Waals surface area contributed by atoms with Crippen molar-refractivity contribution in [1.29, 1.82) is 0 Å². The van der Waals surface area contributed by atoms with Crippen LogP contribution < -0.4 is 11.1 Å². The van der Waals surface area contributed by atoms with Gasteiger partial charge in [0.2, 0.25) is 5.91 Å². The van der Waals surface area contributed by atoms with E-state index in [1.807, 2.05) is 0 Å². The molecule has 3 N–H and O–H groups in total. The number of amides is 1. The van der Waals surface area contributed by atoms with Crippen LogP contribution >= 0.6 is 12.2 Å². The van der Waals surface area contributed by atoms with E-state index in [0.717, 1.165) is 0 Å². The number of halogens is 3. The number of alkyl halides is 3. The first-order valence-corrected chi connectivity index (χ1v) is 5.09. The first kappa shape index (κ1) is 15.2. The molecule has 0 spiro atoms. The van der Waals surface area contributed by atoms with Crippen molar-refractivity contribution in [3.8, 4) is 0 Å². The number of rotatable bonds is 5. The maximum atomic E-state index is 11.8. The molecule has 3 nitrogen and oxygen atoms in total. The van der Waals surface area contributed by atoms with Gasteiger partial charge in [0.25, 0.3) is 0 Å². The van der Waals surface area contributed by atoms with Gasteiger partial charge in [-0.05, 0) is 0 Å². The predicted molar refractivity (Wildman–Crippen MR) is 58.9 cm³/mol. The van der Waals surface area contributed by atoms with Crippen molar-refractivity contribution in [1.82, 2.24) is 5.32 Å². The lowest BCUT2D eigenvalue weighted by atomic mass is 9.93. The zero-order chi connectivity index (χ0) is 13.0. The number of nitrogens with one attached hydrogen (secondary N) is 1. The average molecular weight is 256 g/mol. The second-order valence-electron chi connectivity index (χ2n) is 4.14. The molecule has 0 saturated heterocycles. The van der Waals surface area contributed by atoms with Crippen molar-refractivity contribution in [2.45, 2.75) is 32.9 Å². The van der Waals surface area contributed by atoms with Gasteiger partial charge in [0.15, 0.2) is 0 Å². The van der Waals surface area contributed by atoms with E-state index in [4.69, 9.17) is 18.0 Å². The van der Waals surface area contributed by atoms with Crippen LogP contribution in [-0.4, -0.2) is 23.6 Å². The van der Waals surface area contributed by atoms with Crippen LogP contribution in [0.5, 0.6) is 0 Å². The van der Waals surface area contributed by atoms with E-state index in [2.05, 4.69) is 5.32 Å². The third-order valence-corrected chi connectivity index (χ3v) is 2.58. The Hall–Kier alpha value is -0.850. The minimum atomic E-state index is -4.31. The van der Waals surface area contributed by atoms with Crippen molar-refractivity contribution < 1.29 is 18.0 Å². The van der Waals surface area contributed by atoms with Gasteiger partial charge >= 0.3 is 6.18 Å². The van der Waals surface area contributed by atoms with Gasteiger partial charge in [-0.15, -0.1) is 0 Å². The predicted octanol–water partition coefficient (Wildman–Crippen LogP) is 1.76. The van der Waals surface area contributed by atoms with Crippen molar-refractivity contribution in [3.63, 3.8) is 0 Å². The number of carbonyl (C=O) groups excluding carboxylic acids is 1. The first-order chi connectivity index (χ1) is 7.04. The molecule has 7 heteroatoms. The summed E-state index contributed by atoms with van der Waals surface area (Å²) in [5.74, 6) is -0.651. The molecule has 16 heavy (non-hydrogen) atoms. The monoisotopic (exact) mass is 256 g/mol. The minimum absolute atomic E-state index is 0.138. The molecular formula is C9H15F3N2OS. The van der Waals surface area contributed by atoms with E-state index < -0.39 is 30.3 Å². The minimum Gasteiger partial charge on any atom is -0.393 e. The Kier molecular flexibility index (Phi) is 5.18. The number of thiocarbonyl (C=S) groups is 1. The second kappa shape index (κ2) is 5.47. The first-order valence-electron chi connectivity index (χ1n) is 4.68. The van der Waals surface area contributed by atoms with Gasteiger partial charge in [-0.1, -0.05) is 26.1 Å². The molecule has 0 aliphatic rings. The number of hydrogen-bond acceptors (Lipinski definition) is 2. The second-order valence-corrected chi connectivity index (χ2v) is 4.58. The molecule has 0 aliphatic heterocycles. The summed E-state index contributed by atoms with van der Waals surface area (Å²) in [4.78, 5) is 11.3. The lowest BCUT2D eigenvalue weighted by Crippen LogP contribution is -2.41. The lowest BCUT2D eigenvalue weighted by Gasteiger charge is -2.23. The fraction of sp³-hybridized carbons (Fsp3) is 0.778. The number of hydrogen-bond donors (Lipinski definition) is 2. The highest BCUT2D eigenvalue weighted by Crippen LogP contribution is 2.21. The Labute approximate surface area is 97.6 Å². The average Bonchev–Trinajstić information content (AvgIpc) is 2.10. The standard InChI is InChI=1S/C9H15F3N2OS/c1-8(2,7(13)16)5-14-6(15)3-4-9(10,11)12/h3-5H2,1-2H3,(H2,13,16)(H,14,15). The van der Waals surface area contributed by atoms with Gasteiger partial charge in [-0.25, -0.2) is 0 Å². The van der Waals surface area contributed by atoms with Crippen LogP contribution in [0.2, 0.25) is 0 Å². The Bertz CT molecular complexity index is 276. The van der Waals surface area contributed by atoms with Gasteiger partial charge < -0.3 is 11.1 Å². The highest BCUT2D eigenvalue weighted by Gasteiger charge is 2.28. The van der Waals surface area contributed by atoms with Crippen molar-refractivity contribution in [2.24, 2.45) is 11.1 Å². The summed E-state index contributed by atoms with van der Waals surface area (Å²) in [6, 6.07) is 0. The van der Waals surface area contributed by atoms with E-state index in [1.54, 1.807) is 13.8 Å². The molecule has 0 rings (SSSR count). The van der Waals surface area contributed by atoms with Crippen LogP contribution in [-0.2, 0) is 4.79 Å². The largest absolute Gasteiger partial charge is 0.393 e. The molecule has 0 aromatic carbocycles. The van der Waals surface area contributed by atoms with E-state index in [9.17, 15) is 18.0 Å². The summed E-state index contributed by atoms with van der Waals surface area (Å²) in [7, 11) is 0. The maximum Gasteiger partial charge on any atom is 0.389 e. The topological polar surface area (TPSA) is 55.1 Å². The zero-order valence-corrected chi connectivity index (χ0v) is 9.97. The smallest absolute Gasteiger partial charge is 0.389 e. The molecule has 0 heterocycles. The Morgan fingerprint density at radius 3 is 2.25 bits per heavy atom. The number of nitrogens with two attached hydrogens (primary N) is 1. The molecule has 0 fully saturated rings. The molecular weight excluding hydrogens is 241 g/mol. The molecule has 0 aromatic heterocycles. The molecule has 1 amide bonds. The summed E-state index contributed by atoms with van der Waals surface area (Å²) >= 11 is 4.75. The molecule has 0 atom stereocenters. The maximum absolute atomic E-state index is 11.8. The third kappa shape index (κ3) is 6.60. The van der Waals surface area contributed by atoms with Gasteiger partial charge in [0.05, 0.1) is 11.4 Å². The van der Waals surface area contributed by atoms with Crippen molar-refractivity contribution in [3.05, 3.63) is 0 Å². The molecule has 0 saturated carbocycles. The van der Waals surface area contributed by atoms with Crippen LogP contribution in [0.25, 0.3) is 0 Å². The Balaban J connectivity index is 3.96. The van der Waals surface area contributed by atoms with Crippen molar-refractivity contribution in [2.75, 3.05) is 6.54 Å². The summed E-state index contributed by atoms with van der Waals surface area (Å²) < 4.78 is 35.4. The molecule has 0 aromatic rings. The summed E-state index contributed by atoms with van der Waals surface area (Å²) in [6.07, 6.45) is -6.00. The summed E-state index contributed by atoms with van der Waals surface area (Å²) in [5.41, 5.74) is 4.81. The van der Waals surface area contributed by atoms with Crippen LogP contribution in [0, 0.1) is 5.41 Å². The van der Waals surface area contributed by atoms with E-state index >= 15 is 0 Å². The van der Waals surface area contributed by atoms with Crippen LogP contribution in [0.3, 0.4) is 0 Å². The van der Waals surface area contributed by atoms with E-state index in [0.29, 0.717) is 0 Å². The van der Waals surface area contributed by atoms with Gasteiger partial charge in [-0.2, -0.15) is 13.2 Å².